The maximum Gasteiger partial charge on any atom is 2.00 e. The van der Waals surface area contributed by atoms with Crippen molar-refractivity contribution in [3.05, 3.63) is 13.8 Å². The van der Waals surface area contributed by atoms with Gasteiger partial charge < -0.3 is 18.6 Å². The number of hydrogen-bond donors (Lipinski definition) is 0. The van der Waals surface area contributed by atoms with E-state index in [2.05, 4.69) is 13.8 Å². The molecule has 0 aliphatic heterocycles. The van der Waals surface area contributed by atoms with Crippen LogP contribution in [-0.4, -0.2) is 12.1 Å². The van der Waals surface area contributed by atoms with Crippen molar-refractivity contribution in [1.82, 2.24) is 0 Å². The summed E-state index contributed by atoms with van der Waals surface area (Å²) in [6.07, 6.45) is 2.69. The Morgan fingerprint density at radius 1 is 1.46 bits per heavy atom. The summed E-state index contributed by atoms with van der Waals surface area (Å²) in [5, 5.41) is 0. The first-order chi connectivity index (χ1) is 5.58. The standard InChI is InChI=1S/C7H13O2.C3H7.Cr/c1-4-5-6(2)9-7(3)8;1-3-2;/h6H,2,4-5H2,1,3H3;1,3H2,2H3;/q2*-1;+2. The molecule has 0 amide bonds. The Hall–Kier alpha value is 0.00247. The summed E-state index contributed by atoms with van der Waals surface area (Å²) in [6.45, 7) is 12.6. The zero-order valence-electron chi connectivity index (χ0n) is 8.84. The first-order valence-corrected chi connectivity index (χ1v) is 4.37. The zero-order valence-corrected chi connectivity index (χ0v) is 10.1. The van der Waals surface area contributed by atoms with Crippen molar-refractivity contribution < 1.29 is 26.9 Å². The SMILES string of the molecule is [CH2-]C(CCC)OC(C)=O.[CH2-]CC.[Cr+2]. The molecular formula is C10H20CrO2. The summed E-state index contributed by atoms with van der Waals surface area (Å²) in [6, 6.07) is 0. The molecule has 0 N–H and O–H groups in total. The van der Waals surface area contributed by atoms with E-state index < -0.39 is 0 Å². The Morgan fingerprint density at radius 3 is 2.08 bits per heavy atom. The summed E-state index contributed by atoms with van der Waals surface area (Å²) in [5.41, 5.74) is 0. The number of hydrogen-bond acceptors (Lipinski definition) is 2. The van der Waals surface area contributed by atoms with Crippen LogP contribution in [0.1, 0.15) is 40.0 Å². The van der Waals surface area contributed by atoms with Crippen molar-refractivity contribution in [3.63, 3.8) is 0 Å². The van der Waals surface area contributed by atoms with Crippen molar-refractivity contribution >= 4 is 5.97 Å². The third kappa shape index (κ3) is 24.5. The molecule has 0 fully saturated rings. The smallest absolute Gasteiger partial charge is 0.496 e. The van der Waals surface area contributed by atoms with Crippen molar-refractivity contribution in [2.45, 2.75) is 46.1 Å². The fourth-order valence-corrected chi connectivity index (χ4v) is 0.616. The Balaban J connectivity index is -0.000000220. The van der Waals surface area contributed by atoms with E-state index in [4.69, 9.17) is 4.74 Å². The average Bonchev–Trinajstić information content (AvgIpc) is 1.87. The maximum absolute atomic E-state index is 10.3. The van der Waals surface area contributed by atoms with Gasteiger partial charge in [-0.15, -0.1) is 0 Å². The van der Waals surface area contributed by atoms with Gasteiger partial charge in [0.2, 0.25) is 0 Å². The van der Waals surface area contributed by atoms with Gasteiger partial charge in [0.15, 0.2) is 0 Å². The van der Waals surface area contributed by atoms with Crippen molar-refractivity contribution in [2.75, 3.05) is 0 Å². The van der Waals surface area contributed by atoms with Gasteiger partial charge in [0.1, 0.15) is 0 Å². The molecule has 0 radical (unpaired) electrons. The van der Waals surface area contributed by atoms with Gasteiger partial charge in [-0.05, 0) is 12.5 Å². The van der Waals surface area contributed by atoms with Crippen LogP contribution in [0.15, 0.2) is 0 Å². The quantitative estimate of drug-likeness (QED) is 0.544. The summed E-state index contributed by atoms with van der Waals surface area (Å²) in [7, 11) is 0. The fraction of sp³-hybridized carbons (Fsp3) is 0.700. The molecule has 0 saturated heterocycles. The van der Waals surface area contributed by atoms with Gasteiger partial charge in [-0.2, -0.15) is 6.42 Å². The predicted molar refractivity (Wildman–Crippen MR) is 51.5 cm³/mol. The molecule has 0 aliphatic rings. The topological polar surface area (TPSA) is 26.3 Å². The summed E-state index contributed by atoms with van der Waals surface area (Å²) in [4.78, 5) is 10.3. The van der Waals surface area contributed by atoms with Gasteiger partial charge in [0, 0.05) is 6.92 Å². The average molecular weight is 224 g/mol. The molecule has 0 saturated carbocycles. The first kappa shape index (κ1) is 18.7. The van der Waals surface area contributed by atoms with Gasteiger partial charge in [-0.3, -0.25) is 4.79 Å². The van der Waals surface area contributed by atoms with E-state index in [1.165, 1.54) is 6.92 Å². The van der Waals surface area contributed by atoms with Gasteiger partial charge in [0.25, 0.3) is 5.97 Å². The minimum Gasteiger partial charge on any atom is -0.496 e. The minimum atomic E-state index is -0.247. The number of carbonyl (C=O) groups excluding carboxylic acids is 1. The summed E-state index contributed by atoms with van der Waals surface area (Å²) in [5.74, 6) is -0.247. The van der Waals surface area contributed by atoms with E-state index in [9.17, 15) is 4.79 Å². The molecule has 0 aromatic rings. The Labute approximate surface area is 93.2 Å². The molecule has 0 rings (SSSR count). The molecule has 0 aromatic heterocycles. The predicted octanol–water partition coefficient (Wildman–Crippen LogP) is 2.78. The molecule has 0 bridgehead atoms. The van der Waals surface area contributed by atoms with E-state index in [1.54, 1.807) is 0 Å². The van der Waals surface area contributed by atoms with Crippen LogP contribution in [0.5, 0.6) is 0 Å². The second-order valence-electron chi connectivity index (χ2n) is 2.52. The Morgan fingerprint density at radius 2 is 1.85 bits per heavy atom. The van der Waals surface area contributed by atoms with Crippen molar-refractivity contribution in [3.8, 4) is 0 Å². The maximum atomic E-state index is 10.3. The molecular weight excluding hydrogens is 204 g/mol. The Kier molecular flexibility index (Phi) is 20.9. The third-order valence-corrected chi connectivity index (χ3v) is 0.943. The van der Waals surface area contributed by atoms with Gasteiger partial charge >= 0.3 is 17.4 Å². The monoisotopic (exact) mass is 224 g/mol. The molecule has 2 nitrogen and oxygen atoms in total. The molecule has 1 unspecified atom stereocenters. The van der Waals surface area contributed by atoms with Crippen molar-refractivity contribution in [1.29, 1.82) is 0 Å². The van der Waals surface area contributed by atoms with Crippen LogP contribution in [0.3, 0.4) is 0 Å². The molecule has 0 aliphatic carbocycles. The molecule has 1 atom stereocenters. The van der Waals surface area contributed by atoms with E-state index in [1.807, 2.05) is 13.8 Å². The second kappa shape index (κ2) is 14.5. The van der Waals surface area contributed by atoms with Crippen LogP contribution in [0.2, 0.25) is 0 Å². The number of carbonyl (C=O) groups is 1. The van der Waals surface area contributed by atoms with Crippen LogP contribution >= 0.6 is 0 Å². The molecule has 0 heterocycles. The largest absolute Gasteiger partial charge is 2.00 e. The van der Waals surface area contributed by atoms with E-state index >= 15 is 0 Å². The van der Waals surface area contributed by atoms with Crippen LogP contribution < -0.4 is 0 Å². The van der Waals surface area contributed by atoms with Crippen LogP contribution in [0.4, 0.5) is 0 Å². The molecule has 0 spiro atoms. The normalized spacial score (nSPS) is 10.2. The van der Waals surface area contributed by atoms with E-state index in [-0.39, 0.29) is 29.4 Å². The van der Waals surface area contributed by atoms with E-state index in [0.29, 0.717) is 0 Å². The zero-order chi connectivity index (χ0) is 9.98. The Bertz CT molecular complexity index is 105. The van der Waals surface area contributed by atoms with E-state index in [0.717, 1.165) is 19.3 Å². The molecule has 3 heteroatoms. The van der Waals surface area contributed by atoms with Crippen LogP contribution in [0.25, 0.3) is 0 Å². The third-order valence-electron chi connectivity index (χ3n) is 0.943. The van der Waals surface area contributed by atoms with Gasteiger partial charge in [-0.25, -0.2) is 0 Å². The second-order valence-corrected chi connectivity index (χ2v) is 2.52. The van der Waals surface area contributed by atoms with Crippen LogP contribution in [0, 0.1) is 13.8 Å². The van der Waals surface area contributed by atoms with Gasteiger partial charge in [0.05, 0.1) is 0 Å². The first-order valence-electron chi connectivity index (χ1n) is 4.37. The molecule has 0 aromatic carbocycles. The summed E-state index contributed by atoms with van der Waals surface area (Å²) >= 11 is 0. The number of ether oxygens (including phenoxy) is 1. The molecule has 78 valence electrons. The minimum absolute atomic E-state index is 0. The fourth-order valence-electron chi connectivity index (χ4n) is 0.616. The van der Waals surface area contributed by atoms with Gasteiger partial charge in [-0.1, -0.05) is 20.3 Å². The number of rotatable bonds is 3. The van der Waals surface area contributed by atoms with Crippen molar-refractivity contribution in [2.24, 2.45) is 0 Å². The molecule has 13 heavy (non-hydrogen) atoms. The van der Waals surface area contributed by atoms with Crippen LogP contribution in [-0.2, 0) is 26.9 Å². The summed E-state index contributed by atoms with van der Waals surface area (Å²) < 4.78 is 4.74. The number of esters is 1.